The Kier molecular flexibility index (Phi) is 2.54. The van der Waals surface area contributed by atoms with Gasteiger partial charge in [-0.25, -0.2) is 4.52 Å². The summed E-state index contributed by atoms with van der Waals surface area (Å²) in [7, 11) is -2.97. The zero-order valence-corrected chi connectivity index (χ0v) is 3.55. The normalized spacial score (nSPS) is 9.83. The largest absolute Gasteiger partial charge is 0.558 e. The molecular weight excluding hydrogens is 107 g/mol. The number of carbonyl (C=O) groups is 1. The van der Waals surface area contributed by atoms with Crippen LogP contribution in [-0.2, 0) is 13.9 Å². The van der Waals surface area contributed by atoms with Gasteiger partial charge in [-0.3, -0.25) is 4.79 Å². The van der Waals surface area contributed by atoms with Crippen LogP contribution in [0.5, 0.6) is 0 Å². The van der Waals surface area contributed by atoms with E-state index in [9.17, 15) is 9.46 Å². The van der Waals surface area contributed by atoms with Crippen LogP contribution < -0.4 is 4.89 Å². The number of hydrogen-bond acceptors (Lipinski definition) is 4. The van der Waals surface area contributed by atoms with Crippen molar-refractivity contribution in [2.45, 2.75) is 0 Å². The molecule has 0 rings (SSSR count). The summed E-state index contributed by atoms with van der Waals surface area (Å²) < 4.78 is 12.5. The second-order valence-corrected chi connectivity index (χ2v) is 1.08. The molecular formula is CHO4P. The van der Waals surface area contributed by atoms with Gasteiger partial charge in [0.05, 0.1) is 0 Å². The van der Waals surface area contributed by atoms with Crippen molar-refractivity contribution in [3.63, 3.8) is 0 Å². The monoisotopic (exact) mass is 108 g/mol. The first-order chi connectivity index (χ1) is 2.77. The van der Waals surface area contributed by atoms with Crippen LogP contribution in [0.3, 0.4) is 0 Å². The van der Waals surface area contributed by atoms with Gasteiger partial charge in [-0.1, -0.05) is 0 Å². The molecule has 34 valence electrons. The van der Waals surface area contributed by atoms with Gasteiger partial charge in [0.15, 0.2) is 0 Å². The quantitative estimate of drug-likeness (QED) is 0.342. The highest BCUT2D eigenvalue weighted by Gasteiger charge is 1.92. The average molecular weight is 108 g/mol. The molecule has 0 heterocycles. The van der Waals surface area contributed by atoms with Crippen molar-refractivity contribution in [3.8, 4) is 0 Å². The summed E-state index contributed by atoms with van der Waals surface area (Å²) in [6, 6.07) is 0. The van der Waals surface area contributed by atoms with Gasteiger partial charge in [-0.05, 0) is 4.57 Å². The number of carbonyl (C=O) groups excluding carboxylic acids is 1. The van der Waals surface area contributed by atoms with Gasteiger partial charge >= 0.3 is 14.7 Å². The molecule has 0 fully saturated rings. The molecule has 0 radical (unpaired) electrons. The summed E-state index contributed by atoms with van der Waals surface area (Å²) in [6.07, 6.45) is 0. The Morgan fingerprint density at radius 1 is 1.83 bits per heavy atom. The minimum absolute atomic E-state index is 0.147. The molecule has 0 aromatic heterocycles. The second kappa shape index (κ2) is 2.75. The van der Waals surface area contributed by atoms with Crippen molar-refractivity contribution in [2.24, 2.45) is 0 Å². The van der Waals surface area contributed by atoms with Crippen LogP contribution in [0.4, 0.5) is 0 Å². The molecule has 0 aromatic carbocycles. The van der Waals surface area contributed by atoms with Gasteiger partial charge < -0.3 is 4.89 Å². The van der Waals surface area contributed by atoms with Gasteiger partial charge in [0.25, 0.3) is 0 Å². The van der Waals surface area contributed by atoms with Crippen LogP contribution in [0.2, 0.25) is 0 Å². The fourth-order valence-corrected chi connectivity index (χ4v) is 0.105. The highest BCUT2D eigenvalue weighted by Crippen LogP contribution is 2.03. The fraction of sp³-hybridized carbons (Fsp3) is 0. The van der Waals surface area contributed by atoms with E-state index < -0.39 is 8.25 Å². The highest BCUT2D eigenvalue weighted by atomic mass is 31.1. The molecule has 0 N–H and O–H groups in total. The maximum absolute atomic E-state index is 9.18. The molecule has 0 aromatic rings. The molecule has 0 amide bonds. The SMILES string of the molecule is O=CO[P+](=O)[O-]. The first kappa shape index (κ1) is 5.53. The van der Waals surface area contributed by atoms with Crippen molar-refractivity contribution in [1.29, 1.82) is 0 Å². The zero-order chi connectivity index (χ0) is 4.99. The van der Waals surface area contributed by atoms with Crippen molar-refractivity contribution < 1.29 is 18.8 Å². The van der Waals surface area contributed by atoms with Crippen molar-refractivity contribution in [1.82, 2.24) is 0 Å². The predicted octanol–water partition coefficient (Wildman–Crippen LogP) is -0.823. The Morgan fingerprint density at radius 3 is 2.33 bits per heavy atom. The summed E-state index contributed by atoms with van der Waals surface area (Å²) in [5, 5.41) is 0. The minimum atomic E-state index is -2.97. The molecule has 0 saturated heterocycles. The molecule has 6 heavy (non-hydrogen) atoms. The summed E-state index contributed by atoms with van der Waals surface area (Å²) in [5.41, 5.74) is 0. The lowest BCUT2D eigenvalue weighted by Gasteiger charge is -1.71. The lowest BCUT2D eigenvalue weighted by atomic mass is 11.7. The van der Waals surface area contributed by atoms with E-state index in [1.54, 1.807) is 0 Å². The average Bonchev–Trinajstić information content (AvgIpc) is 1.35. The number of rotatable bonds is 2. The fourth-order valence-electron chi connectivity index (χ4n) is 0.0351. The zero-order valence-electron chi connectivity index (χ0n) is 2.66. The van der Waals surface area contributed by atoms with Crippen LogP contribution in [-0.4, -0.2) is 6.47 Å². The van der Waals surface area contributed by atoms with E-state index >= 15 is 0 Å². The lowest BCUT2D eigenvalue weighted by molar-refractivity contribution is -0.185. The van der Waals surface area contributed by atoms with Gasteiger partial charge in [-0.15, -0.1) is 0 Å². The maximum Gasteiger partial charge on any atom is 0.542 e. The predicted molar refractivity (Wildman–Crippen MR) is 14.8 cm³/mol. The van der Waals surface area contributed by atoms with Gasteiger partial charge in [0.1, 0.15) is 0 Å². The van der Waals surface area contributed by atoms with Crippen LogP contribution >= 0.6 is 8.25 Å². The third-order valence-electron chi connectivity index (χ3n) is 0.129. The summed E-state index contributed by atoms with van der Waals surface area (Å²) >= 11 is 0. The van der Waals surface area contributed by atoms with Gasteiger partial charge in [0, 0.05) is 0 Å². The van der Waals surface area contributed by atoms with E-state index in [2.05, 4.69) is 4.52 Å². The Hall–Kier alpha value is -0.470. The molecule has 1 atom stereocenters. The topological polar surface area (TPSA) is 66.4 Å². The van der Waals surface area contributed by atoms with Crippen LogP contribution in [0, 0.1) is 0 Å². The van der Waals surface area contributed by atoms with E-state index in [1.807, 2.05) is 0 Å². The Balaban J connectivity index is 3.05. The van der Waals surface area contributed by atoms with E-state index in [0.717, 1.165) is 0 Å². The molecule has 1 unspecified atom stereocenters. The molecule has 0 bridgehead atoms. The first-order valence-corrected chi connectivity index (χ1v) is 2.11. The summed E-state index contributed by atoms with van der Waals surface area (Å²) in [4.78, 5) is 18.2. The second-order valence-electron chi connectivity index (χ2n) is 0.425. The molecule has 0 aliphatic heterocycles. The first-order valence-electron chi connectivity index (χ1n) is 1.02. The molecule has 5 heteroatoms. The smallest absolute Gasteiger partial charge is 0.542 e. The Labute approximate surface area is 34.7 Å². The van der Waals surface area contributed by atoms with E-state index in [4.69, 9.17) is 4.79 Å². The van der Waals surface area contributed by atoms with Crippen molar-refractivity contribution >= 4 is 14.7 Å². The van der Waals surface area contributed by atoms with E-state index in [-0.39, 0.29) is 6.47 Å². The number of hydrogen-bond donors (Lipinski definition) is 0. The Morgan fingerprint density at radius 2 is 2.33 bits per heavy atom. The summed E-state index contributed by atoms with van der Waals surface area (Å²) in [6.45, 7) is -0.147. The van der Waals surface area contributed by atoms with Gasteiger partial charge in [-0.2, -0.15) is 0 Å². The molecule has 0 spiro atoms. The molecule has 0 aliphatic carbocycles. The maximum atomic E-state index is 9.18. The Bertz CT molecular complexity index is 67.9. The molecule has 0 aliphatic rings. The van der Waals surface area contributed by atoms with E-state index in [0.29, 0.717) is 0 Å². The van der Waals surface area contributed by atoms with E-state index in [1.165, 1.54) is 0 Å². The lowest BCUT2D eigenvalue weighted by Crippen LogP contribution is -1.87. The third kappa shape index (κ3) is 3.53. The standard InChI is InChI=1S/CHO4P/c2-1-5-6(3)4/h1H. The van der Waals surface area contributed by atoms with Crippen LogP contribution in [0.15, 0.2) is 0 Å². The van der Waals surface area contributed by atoms with Gasteiger partial charge in [0.2, 0.25) is 0 Å². The highest BCUT2D eigenvalue weighted by molar-refractivity contribution is 7.31. The molecule has 0 saturated carbocycles. The van der Waals surface area contributed by atoms with Crippen LogP contribution in [0.1, 0.15) is 0 Å². The van der Waals surface area contributed by atoms with Crippen molar-refractivity contribution in [3.05, 3.63) is 0 Å². The summed E-state index contributed by atoms with van der Waals surface area (Å²) in [5.74, 6) is 0. The van der Waals surface area contributed by atoms with Crippen molar-refractivity contribution in [2.75, 3.05) is 0 Å². The minimum Gasteiger partial charge on any atom is -0.558 e. The third-order valence-corrected chi connectivity index (χ3v) is 0.387. The van der Waals surface area contributed by atoms with Crippen LogP contribution in [0.25, 0.3) is 0 Å². The molecule has 4 nitrogen and oxygen atoms in total.